The Morgan fingerprint density at radius 2 is 1.81 bits per heavy atom. The molecule has 2 aromatic rings. The summed E-state index contributed by atoms with van der Waals surface area (Å²) >= 11 is 0. The van der Waals surface area contributed by atoms with E-state index in [9.17, 15) is 8.42 Å². The maximum atomic E-state index is 12.5. The van der Waals surface area contributed by atoms with Gasteiger partial charge in [0, 0.05) is 5.69 Å². The molecule has 5 nitrogen and oxygen atoms in total. The summed E-state index contributed by atoms with van der Waals surface area (Å²) in [6.07, 6.45) is 0. The second-order valence-corrected chi connectivity index (χ2v) is 6.47. The molecule has 0 aromatic heterocycles. The van der Waals surface area contributed by atoms with E-state index in [0.717, 1.165) is 5.56 Å². The van der Waals surface area contributed by atoms with E-state index in [1.165, 1.54) is 0 Å². The van der Waals surface area contributed by atoms with E-state index in [1.807, 2.05) is 0 Å². The molecule has 0 bridgehead atoms. The molecule has 6 heteroatoms. The first-order valence-electron chi connectivity index (χ1n) is 6.37. The summed E-state index contributed by atoms with van der Waals surface area (Å²) in [6.45, 7) is 3.54. The van der Waals surface area contributed by atoms with Gasteiger partial charge in [-0.05, 0) is 55.3 Å². The summed E-state index contributed by atoms with van der Waals surface area (Å²) in [4.78, 5) is 0.225. The third-order valence-electron chi connectivity index (χ3n) is 3.12. The van der Waals surface area contributed by atoms with Crippen molar-refractivity contribution in [2.24, 2.45) is 0 Å². The molecule has 0 aliphatic rings. The molecule has 0 saturated heterocycles. The Balaban J connectivity index is 2.42. The summed E-state index contributed by atoms with van der Waals surface area (Å²) in [7, 11) is -2.11. The van der Waals surface area contributed by atoms with E-state index in [0.29, 0.717) is 22.7 Å². The maximum absolute atomic E-state index is 12.5. The third kappa shape index (κ3) is 3.28. The molecule has 0 saturated carbocycles. The molecular formula is C15H18N2O3S. The van der Waals surface area contributed by atoms with Crippen LogP contribution in [0.5, 0.6) is 5.75 Å². The van der Waals surface area contributed by atoms with E-state index >= 15 is 0 Å². The highest BCUT2D eigenvalue weighted by Gasteiger charge is 2.19. The number of methoxy groups -OCH3 is 1. The second-order valence-electron chi connectivity index (χ2n) is 4.82. The van der Waals surface area contributed by atoms with Crippen molar-refractivity contribution in [3.05, 3.63) is 47.5 Å². The molecule has 2 rings (SSSR count). The molecule has 21 heavy (non-hydrogen) atoms. The minimum atomic E-state index is -3.67. The van der Waals surface area contributed by atoms with Crippen molar-refractivity contribution >= 4 is 21.4 Å². The van der Waals surface area contributed by atoms with Crippen LogP contribution in [0.1, 0.15) is 11.1 Å². The molecular weight excluding hydrogens is 288 g/mol. The summed E-state index contributed by atoms with van der Waals surface area (Å²) in [5.41, 5.74) is 7.97. The molecule has 0 fully saturated rings. The van der Waals surface area contributed by atoms with Gasteiger partial charge >= 0.3 is 0 Å². The number of benzene rings is 2. The lowest BCUT2D eigenvalue weighted by molar-refractivity contribution is 0.411. The van der Waals surface area contributed by atoms with Crippen LogP contribution in [0.4, 0.5) is 11.4 Å². The lowest BCUT2D eigenvalue weighted by Crippen LogP contribution is -2.14. The number of nitrogens with two attached hydrogens (primary N) is 1. The van der Waals surface area contributed by atoms with Crippen LogP contribution < -0.4 is 15.2 Å². The van der Waals surface area contributed by atoms with Crippen LogP contribution in [-0.4, -0.2) is 15.5 Å². The van der Waals surface area contributed by atoms with Crippen molar-refractivity contribution in [3.8, 4) is 5.75 Å². The molecule has 0 aliphatic carbocycles. The molecule has 0 radical (unpaired) electrons. The number of hydrogen-bond acceptors (Lipinski definition) is 4. The fourth-order valence-corrected chi connectivity index (χ4v) is 3.45. The van der Waals surface area contributed by atoms with Crippen molar-refractivity contribution in [3.63, 3.8) is 0 Å². The van der Waals surface area contributed by atoms with Gasteiger partial charge in [0.2, 0.25) is 0 Å². The monoisotopic (exact) mass is 306 g/mol. The Morgan fingerprint density at radius 3 is 2.43 bits per heavy atom. The van der Waals surface area contributed by atoms with Gasteiger partial charge in [0.15, 0.2) is 0 Å². The summed E-state index contributed by atoms with van der Waals surface area (Å²) in [6, 6.07) is 9.93. The number of aryl methyl sites for hydroxylation is 2. The molecule has 0 heterocycles. The van der Waals surface area contributed by atoms with Gasteiger partial charge in [-0.3, -0.25) is 4.72 Å². The third-order valence-corrected chi connectivity index (χ3v) is 4.64. The van der Waals surface area contributed by atoms with Gasteiger partial charge in [0.05, 0.1) is 17.7 Å². The molecule has 0 aliphatic heterocycles. The fraction of sp³-hybridized carbons (Fsp3) is 0.200. The summed E-state index contributed by atoms with van der Waals surface area (Å²) in [5.74, 6) is 0.662. The van der Waals surface area contributed by atoms with Crippen molar-refractivity contribution in [1.82, 2.24) is 0 Å². The first-order chi connectivity index (χ1) is 9.83. The van der Waals surface area contributed by atoms with Crippen LogP contribution in [0.15, 0.2) is 41.3 Å². The Bertz CT molecular complexity index is 770. The van der Waals surface area contributed by atoms with Crippen LogP contribution in [0.25, 0.3) is 0 Å². The van der Waals surface area contributed by atoms with Crippen molar-refractivity contribution in [2.45, 2.75) is 18.7 Å². The minimum Gasteiger partial charge on any atom is -0.496 e. The summed E-state index contributed by atoms with van der Waals surface area (Å²) in [5, 5.41) is 0. The number of ether oxygens (including phenoxy) is 1. The first-order valence-corrected chi connectivity index (χ1v) is 7.85. The van der Waals surface area contributed by atoms with E-state index in [2.05, 4.69) is 4.72 Å². The van der Waals surface area contributed by atoms with Crippen molar-refractivity contribution in [2.75, 3.05) is 17.6 Å². The molecule has 2 aromatic carbocycles. The van der Waals surface area contributed by atoms with E-state index < -0.39 is 10.0 Å². The Kier molecular flexibility index (Phi) is 4.09. The smallest absolute Gasteiger partial charge is 0.262 e. The largest absolute Gasteiger partial charge is 0.496 e. The average Bonchev–Trinajstić information content (AvgIpc) is 2.40. The predicted molar refractivity (Wildman–Crippen MR) is 84.1 cm³/mol. The van der Waals surface area contributed by atoms with Gasteiger partial charge in [-0.25, -0.2) is 8.42 Å². The zero-order valence-corrected chi connectivity index (χ0v) is 13.0. The highest BCUT2D eigenvalue weighted by Crippen LogP contribution is 2.27. The van der Waals surface area contributed by atoms with Gasteiger partial charge in [-0.15, -0.1) is 0 Å². The number of nitrogen functional groups attached to an aromatic ring is 1. The lowest BCUT2D eigenvalue weighted by Gasteiger charge is -2.13. The SMILES string of the molecule is COc1cc(C)c(S(=O)(=O)Nc2cccc(N)c2)cc1C. The van der Waals surface area contributed by atoms with Gasteiger partial charge in [0.1, 0.15) is 5.75 Å². The van der Waals surface area contributed by atoms with E-state index in [-0.39, 0.29) is 4.90 Å². The predicted octanol–water partition coefficient (Wildman–Crippen LogP) is 2.70. The number of nitrogens with one attached hydrogen (secondary N) is 1. The maximum Gasteiger partial charge on any atom is 0.262 e. The number of rotatable bonds is 4. The number of anilines is 2. The molecule has 112 valence electrons. The van der Waals surface area contributed by atoms with Crippen molar-refractivity contribution in [1.29, 1.82) is 0 Å². The molecule has 0 amide bonds. The van der Waals surface area contributed by atoms with Gasteiger partial charge in [0.25, 0.3) is 10.0 Å². The van der Waals surface area contributed by atoms with Crippen molar-refractivity contribution < 1.29 is 13.2 Å². The van der Waals surface area contributed by atoms with Gasteiger partial charge in [-0.2, -0.15) is 0 Å². The Morgan fingerprint density at radius 1 is 1.10 bits per heavy atom. The zero-order valence-electron chi connectivity index (χ0n) is 12.2. The standard InChI is InChI=1S/C15H18N2O3S/c1-10-8-15(11(2)7-14(10)20-3)21(18,19)17-13-6-4-5-12(16)9-13/h4-9,17H,16H2,1-3H3. The number of sulfonamides is 1. The van der Waals surface area contributed by atoms with Gasteiger partial charge in [-0.1, -0.05) is 6.07 Å². The Hall–Kier alpha value is -2.21. The zero-order chi connectivity index (χ0) is 15.6. The van der Waals surface area contributed by atoms with Crippen LogP contribution in [0.2, 0.25) is 0 Å². The van der Waals surface area contributed by atoms with E-state index in [4.69, 9.17) is 10.5 Å². The summed E-state index contributed by atoms with van der Waals surface area (Å²) < 4.78 is 32.7. The fourth-order valence-electron chi connectivity index (χ4n) is 2.08. The molecule has 0 atom stereocenters. The average molecular weight is 306 g/mol. The first kappa shape index (κ1) is 15.2. The number of hydrogen-bond donors (Lipinski definition) is 2. The second kappa shape index (κ2) is 5.65. The van der Waals surface area contributed by atoms with Crippen LogP contribution >= 0.6 is 0 Å². The highest BCUT2D eigenvalue weighted by atomic mass is 32.2. The highest BCUT2D eigenvalue weighted by molar-refractivity contribution is 7.92. The lowest BCUT2D eigenvalue weighted by atomic mass is 10.1. The molecule has 0 spiro atoms. The van der Waals surface area contributed by atoms with Crippen LogP contribution in [0.3, 0.4) is 0 Å². The van der Waals surface area contributed by atoms with Crippen LogP contribution in [0, 0.1) is 13.8 Å². The van der Waals surface area contributed by atoms with Gasteiger partial charge < -0.3 is 10.5 Å². The minimum absolute atomic E-state index is 0.225. The molecule has 0 unspecified atom stereocenters. The topological polar surface area (TPSA) is 81.4 Å². The molecule has 3 N–H and O–H groups in total. The quantitative estimate of drug-likeness (QED) is 0.851. The van der Waals surface area contributed by atoms with Crippen LogP contribution in [-0.2, 0) is 10.0 Å². The van der Waals surface area contributed by atoms with E-state index in [1.54, 1.807) is 57.4 Å². The Labute approximate surface area is 124 Å². The normalized spacial score (nSPS) is 11.2.